The van der Waals surface area contributed by atoms with E-state index in [1.165, 1.54) is 173 Å². The van der Waals surface area contributed by atoms with Gasteiger partial charge in [-0.1, -0.05) is 126 Å². The molecule has 0 bridgehead atoms. The Hall–Kier alpha value is -6.64. The summed E-state index contributed by atoms with van der Waals surface area (Å²) in [5.74, 6) is 0. The summed E-state index contributed by atoms with van der Waals surface area (Å²) in [4.78, 5) is 0. The third-order valence-corrected chi connectivity index (χ3v) is 14.9. The highest BCUT2D eigenvalue weighted by atomic mass is 15.0. The molecule has 2 heterocycles. The number of aryl methyl sites for hydroxylation is 4. The van der Waals surface area contributed by atoms with Crippen LogP contribution in [0.4, 0.5) is 0 Å². The Bertz CT molecular complexity index is 3050. The predicted octanol–water partition coefficient (Wildman–Crippen LogP) is 18.2. The smallest absolute Gasteiger partial charge is 0.0541 e. The first-order valence-electron chi connectivity index (χ1n) is 25.6. The molecule has 2 heteroatoms. The molecule has 67 heavy (non-hydrogen) atoms. The molecule has 334 valence electrons. The molecule has 1 aliphatic rings. The Morgan fingerprint density at radius 3 is 0.910 bits per heavy atom. The average molecular weight is 873 g/mol. The minimum absolute atomic E-state index is 0.977. The molecule has 2 aromatic heterocycles. The first-order valence-corrected chi connectivity index (χ1v) is 25.6. The Kier molecular flexibility index (Phi) is 11.9. The van der Waals surface area contributed by atoms with E-state index in [1.807, 2.05) is 0 Å². The van der Waals surface area contributed by atoms with Gasteiger partial charge < -0.3 is 9.13 Å². The summed E-state index contributed by atoms with van der Waals surface area (Å²) in [5, 5.41) is 5.48. The molecule has 0 aliphatic heterocycles. The molecular formula is C65H64N2. The van der Waals surface area contributed by atoms with Crippen molar-refractivity contribution in [2.24, 2.45) is 0 Å². The molecule has 10 aromatic rings. The van der Waals surface area contributed by atoms with Gasteiger partial charge >= 0.3 is 0 Å². The van der Waals surface area contributed by atoms with E-state index >= 15 is 0 Å². The summed E-state index contributed by atoms with van der Waals surface area (Å²) >= 11 is 0. The van der Waals surface area contributed by atoms with Crippen molar-refractivity contribution in [2.45, 2.75) is 111 Å². The van der Waals surface area contributed by atoms with Crippen LogP contribution >= 0.6 is 0 Å². The second kappa shape index (κ2) is 18.6. The van der Waals surface area contributed by atoms with Gasteiger partial charge in [-0.2, -0.15) is 0 Å². The highest BCUT2D eigenvalue weighted by molar-refractivity contribution is 6.11. The first-order chi connectivity index (χ1) is 33.0. The Morgan fingerprint density at radius 2 is 0.612 bits per heavy atom. The minimum atomic E-state index is 0.977. The quantitative estimate of drug-likeness (QED) is 0.0915. The second-order valence-corrected chi connectivity index (χ2v) is 19.5. The van der Waals surface area contributed by atoms with Gasteiger partial charge in [-0.3, -0.25) is 0 Å². The standard InChI is InChI=1S/C65H64N2/c1-5-9-13-44-17-33-62-58(37-44)59-38-45(14-10-6-2)18-34-63(59)66(62)54-29-25-48(26-30-54)50-21-23-52-41-53-24-22-51(43-57(53)56(52)42-50)49-27-31-55(32-28-49)67-64-35-19-46(15-11-7-3)39-60(64)61-40-47(16-12-8-4)20-36-65(61)67/h17-40,42-43H,5-16,41H2,1-4H3. The monoisotopic (exact) mass is 873 g/mol. The molecule has 1 aliphatic carbocycles. The zero-order chi connectivity index (χ0) is 45.4. The van der Waals surface area contributed by atoms with Crippen LogP contribution in [0.1, 0.15) is 112 Å². The highest BCUT2D eigenvalue weighted by Crippen LogP contribution is 2.42. The van der Waals surface area contributed by atoms with Gasteiger partial charge in [0.15, 0.2) is 0 Å². The number of rotatable bonds is 16. The molecule has 0 saturated heterocycles. The fourth-order valence-corrected chi connectivity index (χ4v) is 11.1. The average Bonchev–Trinajstić information content (AvgIpc) is 4.02. The van der Waals surface area contributed by atoms with E-state index in [0.717, 1.165) is 32.1 Å². The van der Waals surface area contributed by atoms with E-state index in [-0.39, 0.29) is 0 Å². The Morgan fingerprint density at radius 1 is 0.313 bits per heavy atom. The molecular weight excluding hydrogens is 809 g/mol. The minimum Gasteiger partial charge on any atom is -0.309 e. The molecule has 0 saturated carbocycles. The van der Waals surface area contributed by atoms with Gasteiger partial charge in [0.2, 0.25) is 0 Å². The van der Waals surface area contributed by atoms with Crippen LogP contribution in [0.2, 0.25) is 0 Å². The van der Waals surface area contributed by atoms with Gasteiger partial charge in [0.1, 0.15) is 0 Å². The molecule has 0 spiro atoms. The van der Waals surface area contributed by atoms with Crippen molar-refractivity contribution in [1.82, 2.24) is 9.13 Å². The fourth-order valence-electron chi connectivity index (χ4n) is 11.1. The lowest BCUT2D eigenvalue weighted by Gasteiger charge is -2.12. The molecule has 0 N–H and O–H groups in total. The van der Waals surface area contributed by atoms with E-state index in [4.69, 9.17) is 0 Å². The molecule has 0 amide bonds. The van der Waals surface area contributed by atoms with Crippen molar-refractivity contribution in [3.63, 3.8) is 0 Å². The summed E-state index contributed by atoms with van der Waals surface area (Å²) < 4.78 is 4.96. The van der Waals surface area contributed by atoms with Crippen LogP contribution in [-0.4, -0.2) is 9.13 Å². The maximum absolute atomic E-state index is 2.48. The molecule has 11 rings (SSSR count). The maximum Gasteiger partial charge on any atom is 0.0541 e. The lowest BCUT2D eigenvalue weighted by atomic mass is 9.96. The van der Waals surface area contributed by atoms with Crippen molar-refractivity contribution < 1.29 is 0 Å². The summed E-state index contributed by atoms with van der Waals surface area (Å²) in [6.45, 7) is 9.13. The van der Waals surface area contributed by atoms with Gasteiger partial charge in [0, 0.05) is 32.9 Å². The van der Waals surface area contributed by atoms with Crippen LogP contribution in [0.5, 0.6) is 0 Å². The van der Waals surface area contributed by atoms with Crippen LogP contribution in [0, 0.1) is 0 Å². The molecule has 0 unspecified atom stereocenters. The zero-order valence-corrected chi connectivity index (χ0v) is 40.1. The second-order valence-electron chi connectivity index (χ2n) is 19.5. The van der Waals surface area contributed by atoms with Gasteiger partial charge in [-0.15, -0.1) is 0 Å². The van der Waals surface area contributed by atoms with Crippen molar-refractivity contribution in [3.05, 3.63) is 191 Å². The van der Waals surface area contributed by atoms with Crippen LogP contribution in [0.25, 0.3) is 88.4 Å². The van der Waals surface area contributed by atoms with E-state index in [9.17, 15) is 0 Å². The fraction of sp³-hybridized carbons (Fsp3) is 0.262. The van der Waals surface area contributed by atoms with Crippen molar-refractivity contribution >= 4 is 43.6 Å². The summed E-state index contributed by atoms with van der Waals surface area (Å²) in [7, 11) is 0. The van der Waals surface area contributed by atoms with E-state index in [1.54, 1.807) is 0 Å². The maximum atomic E-state index is 2.48. The van der Waals surface area contributed by atoms with Gasteiger partial charge in [-0.25, -0.2) is 0 Å². The summed E-state index contributed by atoms with van der Waals surface area (Å²) in [6.07, 6.45) is 15.3. The predicted molar refractivity (Wildman–Crippen MR) is 289 cm³/mol. The highest BCUT2D eigenvalue weighted by Gasteiger charge is 2.21. The summed E-state index contributed by atoms with van der Waals surface area (Å²) in [6, 6.07) is 61.5. The largest absolute Gasteiger partial charge is 0.309 e. The van der Waals surface area contributed by atoms with Crippen LogP contribution in [0.15, 0.2) is 158 Å². The normalized spacial score (nSPS) is 12.2. The Balaban J connectivity index is 0.893. The lowest BCUT2D eigenvalue weighted by molar-refractivity contribution is 0.795. The van der Waals surface area contributed by atoms with Gasteiger partial charge in [0.25, 0.3) is 0 Å². The third-order valence-electron chi connectivity index (χ3n) is 14.9. The molecule has 2 nitrogen and oxygen atoms in total. The van der Waals surface area contributed by atoms with Crippen LogP contribution in [-0.2, 0) is 32.1 Å². The molecule has 0 atom stereocenters. The number of hydrogen-bond acceptors (Lipinski definition) is 0. The van der Waals surface area contributed by atoms with E-state index in [0.29, 0.717) is 0 Å². The topological polar surface area (TPSA) is 9.86 Å². The first kappa shape index (κ1) is 43.0. The molecule has 0 fully saturated rings. The number of benzene rings is 8. The van der Waals surface area contributed by atoms with Gasteiger partial charge in [0.05, 0.1) is 22.1 Å². The van der Waals surface area contributed by atoms with Crippen LogP contribution in [0.3, 0.4) is 0 Å². The van der Waals surface area contributed by atoms with Crippen molar-refractivity contribution in [2.75, 3.05) is 0 Å². The zero-order valence-electron chi connectivity index (χ0n) is 40.1. The lowest BCUT2D eigenvalue weighted by Crippen LogP contribution is -1.94. The number of nitrogens with zero attached hydrogens (tertiary/aromatic N) is 2. The number of fused-ring (bicyclic) bond motifs is 9. The molecule has 8 aromatic carbocycles. The number of unbranched alkanes of at least 4 members (excludes halogenated alkanes) is 4. The molecule has 0 radical (unpaired) electrons. The van der Waals surface area contributed by atoms with Gasteiger partial charge in [-0.05, 0) is 209 Å². The summed E-state index contributed by atoms with van der Waals surface area (Å²) in [5.41, 5.74) is 23.9. The number of aromatic nitrogens is 2. The SMILES string of the molecule is CCCCc1ccc2c(c1)c1cc(CCCC)ccc1n2-c1ccc(-c2ccc3c(c2)-c2cc(-c4ccc(-n5c6ccc(CCCC)cc6c6cc(CCCC)ccc65)cc4)ccc2C3)cc1. The third kappa shape index (κ3) is 8.09. The van der Waals surface area contributed by atoms with Crippen LogP contribution < -0.4 is 0 Å². The number of hydrogen-bond donors (Lipinski definition) is 0. The van der Waals surface area contributed by atoms with Crippen molar-refractivity contribution in [3.8, 4) is 44.8 Å². The van der Waals surface area contributed by atoms with Crippen molar-refractivity contribution in [1.29, 1.82) is 0 Å². The van der Waals surface area contributed by atoms with E-state index < -0.39 is 0 Å². The Labute approximate surface area is 397 Å². The van der Waals surface area contributed by atoms with E-state index in [2.05, 4.69) is 195 Å².